The normalized spacial score (nSPS) is 25.9. The number of hydrogen-bond acceptors (Lipinski definition) is 4. The SMILES string of the molecule is CC1CCC(CN)(C(=O)Nc2ccc3ncsc3c2)CC1. The van der Waals surface area contributed by atoms with Gasteiger partial charge in [0.2, 0.25) is 5.91 Å². The van der Waals surface area contributed by atoms with Gasteiger partial charge in [0, 0.05) is 12.2 Å². The molecule has 0 aliphatic heterocycles. The molecule has 3 N–H and O–H groups in total. The summed E-state index contributed by atoms with van der Waals surface area (Å²) in [7, 11) is 0. The van der Waals surface area contributed by atoms with Crippen molar-refractivity contribution in [1.82, 2.24) is 4.98 Å². The van der Waals surface area contributed by atoms with Gasteiger partial charge in [0.1, 0.15) is 0 Å². The molecule has 0 bridgehead atoms. The minimum absolute atomic E-state index is 0.0702. The monoisotopic (exact) mass is 303 g/mol. The van der Waals surface area contributed by atoms with Crippen LogP contribution in [-0.2, 0) is 4.79 Å². The van der Waals surface area contributed by atoms with Crippen LogP contribution in [0.25, 0.3) is 10.2 Å². The standard InChI is InChI=1S/C16H21N3OS/c1-11-4-6-16(9-17,7-5-11)15(20)19-12-2-3-13-14(8-12)21-10-18-13/h2-3,8,10-11H,4-7,9,17H2,1H3,(H,19,20). The predicted octanol–water partition coefficient (Wildman–Crippen LogP) is 3.39. The molecule has 0 radical (unpaired) electrons. The first-order valence-electron chi connectivity index (χ1n) is 7.48. The van der Waals surface area contributed by atoms with Crippen LogP contribution in [0.4, 0.5) is 5.69 Å². The van der Waals surface area contributed by atoms with E-state index in [1.807, 2.05) is 23.7 Å². The van der Waals surface area contributed by atoms with Gasteiger partial charge < -0.3 is 11.1 Å². The largest absolute Gasteiger partial charge is 0.329 e. The van der Waals surface area contributed by atoms with Gasteiger partial charge in [0.15, 0.2) is 0 Å². The third-order valence-corrected chi connectivity index (χ3v) is 5.48. The summed E-state index contributed by atoms with van der Waals surface area (Å²) in [5.41, 5.74) is 9.18. The Hall–Kier alpha value is -1.46. The zero-order valence-electron chi connectivity index (χ0n) is 12.3. The van der Waals surface area contributed by atoms with Crippen molar-refractivity contribution in [3.05, 3.63) is 23.7 Å². The summed E-state index contributed by atoms with van der Waals surface area (Å²) in [5, 5.41) is 3.06. The van der Waals surface area contributed by atoms with E-state index >= 15 is 0 Å². The van der Waals surface area contributed by atoms with Crippen molar-refractivity contribution in [2.45, 2.75) is 32.6 Å². The summed E-state index contributed by atoms with van der Waals surface area (Å²) in [5.74, 6) is 0.770. The van der Waals surface area contributed by atoms with Crippen LogP contribution in [0.2, 0.25) is 0 Å². The van der Waals surface area contributed by atoms with E-state index in [4.69, 9.17) is 5.73 Å². The van der Waals surface area contributed by atoms with Gasteiger partial charge in [-0.3, -0.25) is 4.79 Å². The smallest absolute Gasteiger partial charge is 0.231 e. The Kier molecular flexibility index (Phi) is 3.95. The Labute approximate surface area is 128 Å². The summed E-state index contributed by atoms with van der Waals surface area (Å²) in [6.07, 6.45) is 3.94. The number of carbonyl (C=O) groups excluding carboxylic acids is 1. The molecule has 1 aromatic heterocycles. The van der Waals surface area contributed by atoms with E-state index in [9.17, 15) is 4.79 Å². The number of aromatic nitrogens is 1. The average Bonchev–Trinajstić information content (AvgIpc) is 2.96. The number of benzene rings is 1. The number of carbonyl (C=O) groups is 1. The second-order valence-corrected chi connectivity index (χ2v) is 7.04. The molecule has 5 heteroatoms. The molecule has 1 aliphatic rings. The highest BCUT2D eigenvalue weighted by atomic mass is 32.1. The van der Waals surface area contributed by atoms with Gasteiger partial charge in [-0.1, -0.05) is 6.92 Å². The molecule has 0 unspecified atom stereocenters. The molecule has 3 rings (SSSR count). The van der Waals surface area contributed by atoms with Crippen LogP contribution in [-0.4, -0.2) is 17.4 Å². The van der Waals surface area contributed by atoms with Gasteiger partial charge in [-0.25, -0.2) is 4.98 Å². The topological polar surface area (TPSA) is 68.0 Å². The van der Waals surface area contributed by atoms with Crippen molar-refractivity contribution in [1.29, 1.82) is 0 Å². The van der Waals surface area contributed by atoms with Gasteiger partial charge in [0.25, 0.3) is 0 Å². The Bertz CT molecular complexity index is 644. The van der Waals surface area contributed by atoms with E-state index in [2.05, 4.69) is 17.2 Å². The molecule has 1 saturated carbocycles. The number of hydrogen-bond donors (Lipinski definition) is 2. The maximum Gasteiger partial charge on any atom is 0.231 e. The molecule has 1 fully saturated rings. The molecule has 2 aromatic rings. The lowest BCUT2D eigenvalue weighted by Crippen LogP contribution is -2.44. The third-order valence-electron chi connectivity index (χ3n) is 4.69. The first-order chi connectivity index (χ1) is 10.1. The van der Waals surface area contributed by atoms with E-state index in [0.717, 1.165) is 41.6 Å². The van der Waals surface area contributed by atoms with Crippen molar-refractivity contribution < 1.29 is 4.79 Å². The Balaban J connectivity index is 1.77. The Morgan fingerprint density at radius 1 is 1.48 bits per heavy atom. The average molecular weight is 303 g/mol. The number of nitrogens with one attached hydrogen (secondary N) is 1. The number of nitrogens with zero attached hydrogens (tertiary/aromatic N) is 1. The fourth-order valence-corrected chi connectivity index (χ4v) is 3.75. The third kappa shape index (κ3) is 2.80. The fraction of sp³-hybridized carbons (Fsp3) is 0.500. The highest BCUT2D eigenvalue weighted by molar-refractivity contribution is 7.16. The van der Waals surface area contributed by atoms with Crippen molar-refractivity contribution in [2.24, 2.45) is 17.1 Å². The van der Waals surface area contributed by atoms with Gasteiger partial charge in [-0.05, 0) is 49.8 Å². The highest BCUT2D eigenvalue weighted by Gasteiger charge is 2.39. The van der Waals surface area contributed by atoms with Gasteiger partial charge in [-0.15, -0.1) is 11.3 Å². The van der Waals surface area contributed by atoms with Crippen molar-refractivity contribution in [3.63, 3.8) is 0 Å². The van der Waals surface area contributed by atoms with Crippen LogP contribution in [0.3, 0.4) is 0 Å². The summed E-state index contributed by atoms with van der Waals surface area (Å²) in [6, 6.07) is 5.84. The summed E-state index contributed by atoms with van der Waals surface area (Å²) in [6.45, 7) is 2.67. The molecule has 1 amide bonds. The molecule has 0 saturated heterocycles. The molecule has 112 valence electrons. The fourth-order valence-electron chi connectivity index (χ4n) is 3.04. The minimum Gasteiger partial charge on any atom is -0.329 e. The summed E-state index contributed by atoms with van der Waals surface area (Å²) < 4.78 is 1.09. The van der Waals surface area contributed by atoms with Crippen LogP contribution < -0.4 is 11.1 Å². The zero-order valence-corrected chi connectivity index (χ0v) is 13.1. The molecule has 1 heterocycles. The molecule has 0 atom stereocenters. The number of fused-ring (bicyclic) bond motifs is 1. The van der Waals surface area contributed by atoms with Crippen LogP contribution in [0.15, 0.2) is 23.7 Å². The minimum atomic E-state index is -0.394. The van der Waals surface area contributed by atoms with Crippen molar-refractivity contribution in [3.8, 4) is 0 Å². The van der Waals surface area contributed by atoms with Crippen LogP contribution in [0, 0.1) is 11.3 Å². The van der Waals surface area contributed by atoms with Crippen LogP contribution in [0.5, 0.6) is 0 Å². The maximum atomic E-state index is 12.7. The zero-order chi connectivity index (χ0) is 14.9. The van der Waals surface area contributed by atoms with Crippen LogP contribution in [0.1, 0.15) is 32.6 Å². The van der Waals surface area contributed by atoms with E-state index in [1.54, 1.807) is 11.3 Å². The molecule has 1 aliphatic carbocycles. The number of anilines is 1. The van der Waals surface area contributed by atoms with Gasteiger partial charge in [-0.2, -0.15) is 0 Å². The second-order valence-electron chi connectivity index (χ2n) is 6.16. The summed E-state index contributed by atoms with van der Waals surface area (Å²) in [4.78, 5) is 17.0. The van der Waals surface area contributed by atoms with E-state index in [0.29, 0.717) is 12.5 Å². The van der Waals surface area contributed by atoms with E-state index in [-0.39, 0.29) is 5.91 Å². The Morgan fingerprint density at radius 2 is 2.24 bits per heavy atom. The Morgan fingerprint density at radius 3 is 2.95 bits per heavy atom. The number of amides is 1. The van der Waals surface area contributed by atoms with Crippen molar-refractivity contribution >= 4 is 33.1 Å². The van der Waals surface area contributed by atoms with Crippen LogP contribution >= 0.6 is 11.3 Å². The number of thiazole rings is 1. The van der Waals surface area contributed by atoms with E-state index < -0.39 is 5.41 Å². The second kappa shape index (κ2) is 5.73. The first kappa shape index (κ1) is 14.5. The predicted molar refractivity (Wildman–Crippen MR) is 87.4 cm³/mol. The number of rotatable bonds is 3. The summed E-state index contributed by atoms with van der Waals surface area (Å²) >= 11 is 1.58. The molecule has 1 aromatic carbocycles. The quantitative estimate of drug-likeness (QED) is 0.913. The molecule has 0 spiro atoms. The van der Waals surface area contributed by atoms with Gasteiger partial charge in [0.05, 0.1) is 21.1 Å². The number of nitrogens with two attached hydrogens (primary N) is 1. The molecule has 21 heavy (non-hydrogen) atoms. The van der Waals surface area contributed by atoms with Gasteiger partial charge >= 0.3 is 0 Å². The van der Waals surface area contributed by atoms with Crippen molar-refractivity contribution in [2.75, 3.05) is 11.9 Å². The lowest BCUT2D eigenvalue weighted by molar-refractivity contribution is -0.127. The lowest BCUT2D eigenvalue weighted by Gasteiger charge is -2.37. The molecular formula is C16H21N3OS. The lowest BCUT2D eigenvalue weighted by atomic mass is 9.70. The highest BCUT2D eigenvalue weighted by Crippen LogP contribution is 2.39. The maximum absolute atomic E-state index is 12.7. The molecular weight excluding hydrogens is 282 g/mol. The first-order valence-corrected chi connectivity index (χ1v) is 8.36. The van der Waals surface area contributed by atoms with E-state index in [1.165, 1.54) is 0 Å². The molecule has 4 nitrogen and oxygen atoms in total.